The Hall–Kier alpha value is -2.97. The maximum absolute atomic E-state index is 14.8. The summed E-state index contributed by atoms with van der Waals surface area (Å²) in [6.07, 6.45) is 5.51. The lowest BCUT2D eigenvalue weighted by molar-refractivity contribution is 0.0980. The van der Waals surface area contributed by atoms with Crippen molar-refractivity contribution >= 4 is 17.9 Å². The van der Waals surface area contributed by atoms with Crippen molar-refractivity contribution in [3.8, 4) is 5.75 Å². The van der Waals surface area contributed by atoms with Crippen molar-refractivity contribution in [2.24, 2.45) is 5.92 Å². The van der Waals surface area contributed by atoms with Gasteiger partial charge in [0.1, 0.15) is 23.2 Å². The minimum Gasteiger partial charge on any atom is -0.493 e. The fourth-order valence-electron chi connectivity index (χ4n) is 5.22. The first-order valence-electron chi connectivity index (χ1n) is 13.0. The van der Waals surface area contributed by atoms with E-state index >= 15 is 0 Å². The van der Waals surface area contributed by atoms with Gasteiger partial charge in [0, 0.05) is 12.3 Å². The Morgan fingerprint density at radius 2 is 1.53 bits per heavy atom. The number of halogens is 3. The number of likely N-dealkylation sites (tertiary alicyclic amines) is 1. The molecule has 2 aliphatic rings. The van der Waals surface area contributed by atoms with Crippen LogP contribution in [0.15, 0.2) is 60.7 Å². The fraction of sp³-hybridized carbons (Fsp3) is 0.367. The van der Waals surface area contributed by atoms with Crippen molar-refractivity contribution in [2.45, 2.75) is 37.6 Å². The minimum absolute atomic E-state index is 0.0505. The lowest BCUT2D eigenvalue weighted by Gasteiger charge is -2.38. The number of piperidine rings is 1. The minimum atomic E-state index is -0.577. The van der Waals surface area contributed by atoms with E-state index in [9.17, 15) is 18.0 Å². The van der Waals surface area contributed by atoms with E-state index in [1.165, 1.54) is 30.3 Å². The van der Waals surface area contributed by atoms with Gasteiger partial charge < -0.3 is 4.74 Å². The van der Waals surface area contributed by atoms with Crippen LogP contribution in [0.3, 0.4) is 0 Å². The number of nitrogens with zero attached hydrogens (tertiary/aromatic N) is 1. The highest BCUT2D eigenvalue weighted by molar-refractivity contribution is 7.97. The summed E-state index contributed by atoms with van der Waals surface area (Å²) in [6, 6.07) is 15.9. The molecular weight excluding hydrogens is 509 g/mol. The molecule has 0 atom stereocenters. The van der Waals surface area contributed by atoms with Crippen molar-refractivity contribution in [1.82, 2.24) is 9.62 Å². The zero-order valence-electron chi connectivity index (χ0n) is 21.3. The van der Waals surface area contributed by atoms with Gasteiger partial charge in [0.2, 0.25) is 0 Å². The standard InChI is InChI=1S/C30H31F3N2O2S/c1-38-34-30(36)26-16-25(20-2-3-20)28(17-27(26)33)37-18-19-12-14-35(15-13-19)29(21-4-8-23(31)9-5-21)22-6-10-24(32)11-7-22/h4-11,16-17,19-20,29H,2-3,12-15,18H2,1H3,(H,34,36). The molecule has 0 radical (unpaired) electrons. The monoisotopic (exact) mass is 540 g/mol. The Morgan fingerprint density at radius 3 is 2.05 bits per heavy atom. The van der Waals surface area contributed by atoms with E-state index < -0.39 is 11.7 Å². The van der Waals surface area contributed by atoms with Crippen molar-refractivity contribution in [3.63, 3.8) is 0 Å². The van der Waals surface area contributed by atoms with Crippen LogP contribution < -0.4 is 9.46 Å². The first kappa shape index (κ1) is 26.6. The van der Waals surface area contributed by atoms with Crippen molar-refractivity contribution in [2.75, 3.05) is 26.0 Å². The summed E-state index contributed by atoms with van der Waals surface area (Å²) in [5.41, 5.74) is 2.88. The molecule has 3 aromatic rings. The Labute approximate surface area is 225 Å². The number of rotatable bonds is 9. The van der Waals surface area contributed by atoms with Gasteiger partial charge in [-0.2, -0.15) is 0 Å². The normalized spacial score (nSPS) is 16.6. The van der Waals surface area contributed by atoms with Crippen LogP contribution in [-0.2, 0) is 0 Å². The molecule has 1 amide bonds. The van der Waals surface area contributed by atoms with Gasteiger partial charge in [0.15, 0.2) is 0 Å². The van der Waals surface area contributed by atoms with E-state index in [2.05, 4.69) is 9.62 Å². The van der Waals surface area contributed by atoms with E-state index in [0.717, 1.165) is 67.4 Å². The first-order chi connectivity index (χ1) is 18.4. The first-order valence-corrected chi connectivity index (χ1v) is 14.2. The zero-order chi connectivity index (χ0) is 26.6. The van der Waals surface area contributed by atoms with Gasteiger partial charge in [-0.1, -0.05) is 36.2 Å². The molecule has 1 aliphatic heterocycles. The Morgan fingerprint density at radius 1 is 0.947 bits per heavy atom. The molecule has 1 saturated carbocycles. The average Bonchev–Trinajstić information content (AvgIpc) is 3.76. The highest BCUT2D eigenvalue weighted by Gasteiger charge is 2.31. The molecule has 5 rings (SSSR count). The van der Waals surface area contributed by atoms with Crippen LogP contribution in [0.4, 0.5) is 13.2 Å². The van der Waals surface area contributed by atoms with Gasteiger partial charge in [-0.3, -0.25) is 14.4 Å². The predicted molar refractivity (Wildman–Crippen MR) is 144 cm³/mol. The molecule has 0 unspecified atom stereocenters. The molecule has 0 aromatic heterocycles. The van der Waals surface area contributed by atoms with Crippen LogP contribution in [0, 0.1) is 23.4 Å². The molecule has 200 valence electrons. The van der Waals surface area contributed by atoms with Crippen LogP contribution in [0.5, 0.6) is 5.75 Å². The smallest absolute Gasteiger partial charge is 0.264 e. The lowest BCUT2D eigenvalue weighted by Crippen LogP contribution is -2.38. The molecule has 1 N–H and O–H groups in total. The topological polar surface area (TPSA) is 41.6 Å². The third kappa shape index (κ3) is 6.18. The Kier molecular flexibility index (Phi) is 8.29. The fourth-order valence-corrected chi connectivity index (χ4v) is 5.52. The average molecular weight is 541 g/mol. The number of ether oxygens (including phenoxy) is 1. The van der Waals surface area contributed by atoms with Gasteiger partial charge in [-0.25, -0.2) is 13.2 Å². The van der Waals surface area contributed by atoms with E-state index in [4.69, 9.17) is 4.74 Å². The number of carbonyl (C=O) groups excluding carboxylic acids is 1. The summed E-state index contributed by atoms with van der Waals surface area (Å²) < 4.78 is 50.7. The van der Waals surface area contributed by atoms with Crippen LogP contribution >= 0.6 is 11.9 Å². The Balaban J connectivity index is 1.26. The van der Waals surface area contributed by atoms with Gasteiger partial charge in [0.05, 0.1) is 18.2 Å². The van der Waals surface area contributed by atoms with E-state index in [1.807, 2.05) is 0 Å². The van der Waals surface area contributed by atoms with Crippen molar-refractivity contribution in [3.05, 3.63) is 100 Å². The summed E-state index contributed by atoms with van der Waals surface area (Å²) in [4.78, 5) is 14.6. The molecule has 3 aromatic carbocycles. The van der Waals surface area contributed by atoms with E-state index in [-0.39, 0.29) is 23.2 Å². The summed E-state index contributed by atoms with van der Waals surface area (Å²) in [5.74, 6) is -0.461. The quantitative estimate of drug-likeness (QED) is 0.301. The molecule has 8 heteroatoms. The second-order valence-corrected chi connectivity index (χ2v) is 10.7. The van der Waals surface area contributed by atoms with Gasteiger partial charge >= 0.3 is 0 Å². The predicted octanol–water partition coefficient (Wildman–Crippen LogP) is 6.87. The SMILES string of the molecule is CSNC(=O)c1cc(C2CC2)c(OCC2CCN(C(c3ccc(F)cc3)c3ccc(F)cc3)CC2)cc1F. The summed E-state index contributed by atoms with van der Waals surface area (Å²) in [7, 11) is 0. The number of hydrogen-bond acceptors (Lipinski definition) is 4. The summed E-state index contributed by atoms with van der Waals surface area (Å²) >= 11 is 1.14. The van der Waals surface area contributed by atoms with Crippen molar-refractivity contribution < 1.29 is 22.7 Å². The molecule has 4 nitrogen and oxygen atoms in total. The summed E-state index contributed by atoms with van der Waals surface area (Å²) in [5, 5.41) is 0. The second kappa shape index (κ2) is 11.8. The van der Waals surface area contributed by atoms with Crippen molar-refractivity contribution in [1.29, 1.82) is 0 Å². The highest BCUT2D eigenvalue weighted by Crippen LogP contribution is 2.45. The molecule has 1 saturated heterocycles. The highest BCUT2D eigenvalue weighted by atomic mass is 32.2. The molecule has 0 spiro atoms. The number of nitrogens with one attached hydrogen (secondary N) is 1. The number of benzene rings is 3. The molecule has 1 aliphatic carbocycles. The van der Waals surface area contributed by atoms with E-state index in [0.29, 0.717) is 24.2 Å². The van der Waals surface area contributed by atoms with Gasteiger partial charge in [-0.05, 0) is 97.6 Å². The maximum atomic E-state index is 14.8. The number of hydrogen-bond donors (Lipinski definition) is 1. The third-order valence-electron chi connectivity index (χ3n) is 7.42. The number of carbonyl (C=O) groups is 1. The third-order valence-corrected chi connectivity index (χ3v) is 7.81. The molecule has 38 heavy (non-hydrogen) atoms. The van der Waals surface area contributed by atoms with Gasteiger partial charge in [-0.15, -0.1) is 0 Å². The second-order valence-electron chi connectivity index (χ2n) is 10.1. The van der Waals surface area contributed by atoms with Gasteiger partial charge in [0.25, 0.3) is 5.91 Å². The summed E-state index contributed by atoms with van der Waals surface area (Å²) in [6.45, 7) is 2.07. The molecule has 1 heterocycles. The zero-order valence-corrected chi connectivity index (χ0v) is 22.1. The number of amides is 1. The molecule has 2 fully saturated rings. The maximum Gasteiger partial charge on any atom is 0.264 e. The largest absolute Gasteiger partial charge is 0.493 e. The van der Waals surface area contributed by atoms with Crippen LogP contribution in [0.2, 0.25) is 0 Å². The van der Waals surface area contributed by atoms with Crippen LogP contribution in [0.1, 0.15) is 64.7 Å². The Bertz CT molecular complexity index is 1210. The van der Waals surface area contributed by atoms with Crippen LogP contribution in [0.25, 0.3) is 0 Å². The molecule has 0 bridgehead atoms. The molecular formula is C30H31F3N2O2S. The lowest BCUT2D eigenvalue weighted by atomic mass is 9.91. The van der Waals surface area contributed by atoms with E-state index in [1.54, 1.807) is 36.6 Å². The van der Waals surface area contributed by atoms with Crippen LogP contribution in [-0.4, -0.2) is 36.8 Å².